The van der Waals surface area contributed by atoms with Crippen LogP contribution in [0.25, 0.3) is 5.69 Å². The number of hydrogen-bond donors (Lipinski definition) is 0. The van der Waals surface area contributed by atoms with Crippen LogP contribution >= 0.6 is 0 Å². The number of ether oxygens (including phenoxy) is 1. The second-order valence-corrected chi connectivity index (χ2v) is 6.25. The Morgan fingerprint density at radius 3 is 2.23 bits per heavy atom. The highest BCUT2D eigenvalue weighted by Gasteiger charge is 2.72. The second-order valence-electron chi connectivity index (χ2n) is 6.25. The third-order valence-electron chi connectivity index (χ3n) is 4.40. The molecule has 0 unspecified atom stereocenters. The van der Waals surface area contributed by atoms with Gasteiger partial charge in [0.05, 0.1) is 42.1 Å². The monoisotopic (exact) mass is 442 g/mol. The van der Waals surface area contributed by atoms with Gasteiger partial charge in [0.25, 0.3) is 5.60 Å². The Morgan fingerprint density at radius 2 is 1.77 bits per heavy atom. The Bertz CT molecular complexity index is 894. The number of pyridine rings is 1. The van der Waals surface area contributed by atoms with E-state index < -0.39 is 36.1 Å². The van der Waals surface area contributed by atoms with Crippen LogP contribution in [0.3, 0.4) is 0 Å². The third kappa shape index (κ3) is 4.25. The zero-order chi connectivity index (χ0) is 22.9. The molecule has 2 heterocycles. The zero-order valence-electron chi connectivity index (χ0n) is 16.0. The Hall–Kier alpha value is -2.70. The van der Waals surface area contributed by atoms with Crippen molar-refractivity contribution >= 4 is 11.6 Å². The van der Waals surface area contributed by atoms with E-state index in [4.69, 9.17) is 0 Å². The number of rotatable bonds is 6. The van der Waals surface area contributed by atoms with Crippen LogP contribution in [-0.2, 0) is 9.53 Å². The highest BCUT2D eigenvalue weighted by molar-refractivity contribution is 5.94. The number of halogens is 7. The van der Waals surface area contributed by atoms with Gasteiger partial charge in [0.1, 0.15) is 5.82 Å². The van der Waals surface area contributed by atoms with Crippen molar-refractivity contribution in [3.05, 3.63) is 36.2 Å². The molecule has 6 nitrogen and oxygen atoms in total. The van der Waals surface area contributed by atoms with Gasteiger partial charge in [0.15, 0.2) is 0 Å². The van der Waals surface area contributed by atoms with Crippen LogP contribution < -0.4 is 4.90 Å². The second kappa shape index (κ2) is 8.20. The summed E-state index contributed by atoms with van der Waals surface area (Å²) in [6, 6.07) is 1.06. The first-order valence-corrected chi connectivity index (χ1v) is 8.43. The molecule has 0 aliphatic carbocycles. The highest BCUT2D eigenvalue weighted by atomic mass is 19.4. The molecule has 0 atom stereocenters. The van der Waals surface area contributed by atoms with E-state index in [1.54, 1.807) is 0 Å². The maximum Gasteiger partial charge on any atom is 0.427 e. The van der Waals surface area contributed by atoms with E-state index in [-0.39, 0.29) is 30.7 Å². The smallest absolute Gasteiger partial charge is 0.361 e. The predicted molar refractivity (Wildman–Crippen MR) is 90.5 cm³/mol. The molecular weight excluding hydrogens is 425 g/mol. The van der Waals surface area contributed by atoms with Crippen LogP contribution in [0.2, 0.25) is 0 Å². The summed E-state index contributed by atoms with van der Waals surface area (Å²) in [5, 5.41) is 4.03. The van der Waals surface area contributed by atoms with Crippen molar-refractivity contribution < 1.29 is 40.3 Å². The molecule has 0 radical (unpaired) electrons. The van der Waals surface area contributed by atoms with Crippen LogP contribution in [0, 0.1) is 12.7 Å². The van der Waals surface area contributed by atoms with Gasteiger partial charge in [-0.25, -0.2) is 9.07 Å². The summed E-state index contributed by atoms with van der Waals surface area (Å²) in [5.74, 6) is -2.17. The summed E-state index contributed by atoms with van der Waals surface area (Å²) in [5.41, 5.74) is -4.44. The molecule has 0 aliphatic heterocycles. The quantitative estimate of drug-likeness (QED) is 0.636. The lowest BCUT2D eigenvalue weighted by atomic mass is 9.96. The number of aryl methyl sites for hydroxylation is 1. The number of aromatic nitrogens is 3. The van der Waals surface area contributed by atoms with Gasteiger partial charge in [-0.15, -0.1) is 0 Å². The van der Waals surface area contributed by atoms with Crippen molar-refractivity contribution in [2.75, 3.05) is 18.6 Å². The number of carbonyl (C=O) groups excluding carboxylic acids is 1. The predicted octanol–water partition coefficient (Wildman–Crippen LogP) is 3.97. The normalized spacial score (nSPS) is 12.9. The number of nitrogens with zero attached hydrogens (tertiary/aromatic N) is 4. The lowest BCUT2D eigenvalue weighted by Crippen LogP contribution is -2.60. The number of carbonyl (C=O) groups is 1. The summed E-state index contributed by atoms with van der Waals surface area (Å²) in [6.07, 6.45) is -10.4. The molecular formula is C17H17F7N4O2. The van der Waals surface area contributed by atoms with E-state index in [2.05, 4.69) is 14.8 Å². The lowest BCUT2D eigenvalue weighted by molar-refractivity contribution is -0.373. The molecule has 0 aromatic carbocycles. The van der Waals surface area contributed by atoms with E-state index in [9.17, 15) is 35.5 Å². The van der Waals surface area contributed by atoms with Gasteiger partial charge in [-0.05, 0) is 13.8 Å². The first kappa shape index (κ1) is 23.6. The first-order chi connectivity index (χ1) is 13.8. The van der Waals surface area contributed by atoms with E-state index >= 15 is 0 Å². The molecule has 0 bridgehead atoms. The number of hydrogen-bond acceptors (Lipinski definition) is 4. The average Bonchev–Trinajstić information content (AvgIpc) is 3.00. The topological polar surface area (TPSA) is 60.2 Å². The highest BCUT2D eigenvalue weighted by Crippen LogP contribution is 2.48. The average molecular weight is 442 g/mol. The van der Waals surface area contributed by atoms with E-state index in [1.807, 2.05) is 0 Å². The molecule has 0 aliphatic rings. The van der Waals surface area contributed by atoms with E-state index in [0.717, 1.165) is 21.8 Å². The Balaban J connectivity index is 2.43. The molecule has 2 rings (SSSR count). The van der Waals surface area contributed by atoms with Crippen LogP contribution in [-0.4, -0.2) is 52.3 Å². The van der Waals surface area contributed by atoms with Gasteiger partial charge in [-0.1, -0.05) is 0 Å². The van der Waals surface area contributed by atoms with Crippen molar-refractivity contribution in [1.29, 1.82) is 0 Å². The molecule has 0 spiro atoms. The molecule has 2 aromatic rings. The van der Waals surface area contributed by atoms with Gasteiger partial charge in [0.2, 0.25) is 5.91 Å². The maximum atomic E-state index is 13.4. The van der Waals surface area contributed by atoms with E-state index in [1.165, 1.54) is 26.2 Å². The van der Waals surface area contributed by atoms with Crippen LogP contribution in [0.4, 0.5) is 36.4 Å². The Kier molecular flexibility index (Phi) is 6.45. The van der Waals surface area contributed by atoms with Gasteiger partial charge < -0.3 is 9.64 Å². The molecule has 0 N–H and O–H groups in total. The van der Waals surface area contributed by atoms with Crippen molar-refractivity contribution in [2.45, 2.75) is 38.2 Å². The fraction of sp³-hybridized carbons (Fsp3) is 0.471. The Labute approximate surface area is 166 Å². The van der Waals surface area contributed by atoms with Crippen molar-refractivity contribution in [3.8, 4) is 5.69 Å². The molecule has 1 amide bonds. The van der Waals surface area contributed by atoms with Crippen molar-refractivity contribution in [3.63, 3.8) is 0 Å². The first-order valence-electron chi connectivity index (χ1n) is 8.43. The van der Waals surface area contributed by atoms with E-state index in [0.29, 0.717) is 0 Å². The maximum absolute atomic E-state index is 13.4. The minimum Gasteiger partial charge on any atom is -0.361 e. The third-order valence-corrected chi connectivity index (χ3v) is 4.40. The summed E-state index contributed by atoms with van der Waals surface area (Å²) in [7, 11) is 0.241. The SMILES string of the molecule is CCN(C(=O)CC(OC)(C(F)(F)F)C(F)(F)F)c1cn(-c2cncc(F)c2)nc1C. The van der Waals surface area contributed by atoms with Crippen LogP contribution in [0.15, 0.2) is 24.7 Å². The molecule has 166 valence electrons. The van der Waals surface area contributed by atoms with Crippen LogP contribution in [0.5, 0.6) is 0 Å². The molecule has 30 heavy (non-hydrogen) atoms. The minimum absolute atomic E-state index is 0.0406. The molecule has 0 fully saturated rings. The van der Waals surface area contributed by atoms with Crippen molar-refractivity contribution in [1.82, 2.24) is 14.8 Å². The summed E-state index contributed by atoms with van der Waals surface area (Å²) >= 11 is 0. The van der Waals surface area contributed by atoms with Crippen LogP contribution in [0.1, 0.15) is 19.0 Å². The summed E-state index contributed by atoms with van der Waals surface area (Å²) in [6.45, 7) is 2.52. The lowest BCUT2D eigenvalue weighted by Gasteiger charge is -2.36. The van der Waals surface area contributed by atoms with Gasteiger partial charge in [-0.2, -0.15) is 31.4 Å². The van der Waals surface area contributed by atoms with Crippen molar-refractivity contribution in [2.24, 2.45) is 0 Å². The number of anilines is 1. The fourth-order valence-corrected chi connectivity index (χ4v) is 2.83. The molecule has 13 heteroatoms. The van der Waals surface area contributed by atoms with Gasteiger partial charge in [-0.3, -0.25) is 9.78 Å². The zero-order valence-corrected chi connectivity index (χ0v) is 16.0. The summed E-state index contributed by atoms with van der Waals surface area (Å²) in [4.78, 5) is 16.9. The fourth-order valence-electron chi connectivity index (χ4n) is 2.83. The molecule has 0 saturated carbocycles. The number of methoxy groups -OCH3 is 1. The number of alkyl halides is 6. The van der Waals surface area contributed by atoms with Gasteiger partial charge >= 0.3 is 12.4 Å². The Morgan fingerprint density at radius 1 is 1.17 bits per heavy atom. The largest absolute Gasteiger partial charge is 0.427 e. The van der Waals surface area contributed by atoms with Gasteiger partial charge in [0, 0.05) is 19.7 Å². The summed E-state index contributed by atoms with van der Waals surface area (Å²) < 4.78 is 97.9. The number of amides is 1. The standard InChI is InChI=1S/C17H17F7N4O2/c1-4-27(14(29)6-15(30-3,16(19,20)21)17(22,23)24)13-9-28(26-10(13)2)12-5-11(18)7-25-8-12/h5,7-9H,4,6H2,1-3H3. The molecule has 0 saturated heterocycles. The molecule has 2 aromatic heterocycles. The minimum atomic E-state index is -5.89.